The van der Waals surface area contributed by atoms with Crippen LogP contribution < -0.4 is 14.4 Å². The lowest BCUT2D eigenvalue weighted by Gasteiger charge is -2.31. The molecule has 0 aliphatic rings. The van der Waals surface area contributed by atoms with Crippen molar-refractivity contribution < 1.29 is 27.1 Å². The highest BCUT2D eigenvalue weighted by atomic mass is 32.2. The molecule has 0 aromatic heterocycles. The minimum atomic E-state index is -3.85. The Kier molecular flexibility index (Phi) is 10.1. The van der Waals surface area contributed by atoms with Gasteiger partial charge in [0, 0.05) is 18.7 Å². The molecule has 10 heteroatoms. The molecule has 1 N–H and O–H groups in total. The summed E-state index contributed by atoms with van der Waals surface area (Å²) in [5.41, 5.74) is 0.489. The van der Waals surface area contributed by atoms with Crippen LogP contribution in [-0.2, 0) is 26.2 Å². The summed E-state index contributed by atoms with van der Waals surface area (Å²) in [4.78, 5) is 27.4. The van der Waals surface area contributed by atoms with Crippen LogP contribution in [0.4, 0.5) is 10.1 Å². The fraction of sp³-hybridized carbons (Fsp3) is 0.440. The third-order valence-corrected chi connectivity index (χ3v) is 6.41. The first-order valence-corrected chi connectivity index (χ1v) is 13.3. The van der Waals surface area contributed by atoms with Crippen molar-refractivity contribution in [1.29, 1.82) is 0 Å². The van der Waals surface area contributed by atoms with Gasteiger partial charge in [-0.15, -0.1) is 0 Å². The van der Waals surface area contributed by atoms with E-state index in [1.54, 1.807) is 30.3 Å². The second kappa shape index (κ2) is 12.5. The van der Waals surface area contributed by atoms with Gasteiger partial charge in [0.15, 0.2) is 0 Å². The molecule has 0 heterocycles. The number of carbonyl (C=O) groups is 2. The van der Waals surface area contributed by atoms with Crippen molar-refractivity contribution >= 4 is 27.5 Å². The Hall–Kier alpha value is -3.14. The average molecular weight is 508 g/mol. The lowest BCUT2D eigenvalue weighted by atomic mass is 10.1. The smallest absolute Gasteiger partial charge is 0.244 e. The van der Waals surface area contributed by atoms with Crippen LogP contribution in [0.25, 0.3) is 0 Å². The number of nitrogens with zero attached hydrogens (tertiary/aromatic N) is 2. The van der Waals surface area contributed by atoms with E-state index in [0.29, 0.717) is 18.9 Å². The van der Waals surface area contributed by atoms with Crippen LogP contribution in [0.15, 0.2) is 48.5 Å². The molecule has 2 amide bonds. The van der Waals surface area contributed by atoms with E-state index >= 15 is 0 Å². The Labute approximate surface area is 207 Å². The highest BCUT2D eigenvalue weighted by Crippen LogP contribution is 2.23. The van der Waals surface area contributed by atoms with E-state index in [9.17, 15) is 22.4 Å². The second-order valence-electron chi connectivity index (χ2n) is 8.62. The Morgan fingerprint density at radius 1 is 1.06 bits per heavy atom. The van der Waals surface area contributed by atoms with E-state index in [4.69, 9.17) is 4.74 Å². The summed E-state index contributed by atoms with van der Waals surface area (Å²) in [6.07, 6.45) is 0.997. The molecule has 0 fully saturated rings. The summed E-state index contributed by atoms with van der Waals surface area (Å²) in [6.45, 7) is 7.36. The zero-order valence-corrected chi connectivity index (χ0v) is 21.6. The topological polar surface area (TPSA) is 96.0 Å². The monoisotopic (exact) mass is 507 g/mol. The van der Waals surface area contributed by atoms with Gasteiger partial charge in [-0.3, -0.25) is 13.9 Å². The number of hydrogen-bond acceptors (Lipinski definition) is 5. The molecule has 0 radical (unpaired) electrons. The lowest BCUT2D eigenvalue weighted by Crippen LogP contribution is -2.51. The van der Waals surface area contributed by atoms with Gasteiger partial charge in [0.05, 0.1) is 18.6 Å². The summed E-state index contributed by atoms with van der Waals surface area (Å²) in [7, 11) is -3.85. The van der Waals surface area contributed by atoms with E-state index < -0.39 is 40.2 Å². The van der Waals surface area contributed by atoms with Crippen LogP contribution in [0.5, 0.6) is 5.75 Å². The maximum atomic E-state index is 14.4. The van der Waals surface area contributed by atoms with Crippen molar-refractivity contribution in [3.05, 3.63) is 59.9 Å². The fourth-order valence-electron chi connectivity index (χ4n) is 3.33. The number of benzene rings is 2. The van der Waals surface area contributed by atoms with Crippen LogP contribution in [0.2, 0.25) is 0 Å². The number of nitrogens with one attached hydrogen (secondary N) is 1. The van der Waals surface area contributed by atoms with Gasteiger partial charge < -0.3 is 15.0 Å². The molecule has 0 bridgehead atoms. The summed E-state index contributed by atoms with van der Waals surface area (Å²) in [5, 5.41) is 2.78. The van der Waals surface area contributed by atoms with Gasteiger partial charge in [-0.1, -0.05) is 32.0 Å². The fourth-order valence-corrected chi connectivity index (χ4v) is 4.18. The first-order chi connectivity index (χ1) is 16.4. The molecule has 2 aromatic carbocycles. The van der Waals surface area contributed by atoms with Gasteiger partial charge >= 0.3 is 0 Å². The number of amides is 2. The normalized spacial score (nSPS) is 12.2. The Bertz CT molecular complexity index is 1110. The van der Waals surface area contributed by atoms with Gasteiger partial charge in [0.25, 0.3) is 0 Å². The molecule has 1 atom stereocenters. The maximum Gasteiger partial charge on any atom is 0.244 e. The number of ether oxygens (including phenoxy) is 1. The van der Waals surface area contributed by atoms with Crippen molar-refractivity contribution in [2.45, 2.75) is 40.3 Å². The number of halogens is 1. The maximum absolute atomic E-state index is 14.4. The molecule has 2 rings (SSSR count). The van der Waals surface area contributed by atoms with E-state index in [1.807, 2.05) is 20.8 Å². The molecule has 2 aromatic rings. The standard InChI is InChI=1S/C25H34FN3O5S/c1-6-34-22-13-11-21(12-14-22)29(35(5,32)33)17-24(30)28(16-20-9-7-8-10-23(20)26)19(4)25(31)27-15-18(2)3/h7-14,18-19H,6,15-17H2,1-5H3,(H,27,31)/t19-/m1/s1. The van der Waals surface area contributed by atoms with Gasteiger partial charge in [0.1, 0.15) is 24.2 Å². The number of rotatable bonds is 12. The molecule has 0 saturated heterocycles. The van der Waals surface area contributed by atoms with Crippen molar-refractivity contribution in [3.63, 3.8) is 0 Å². The molecular weight excluding hydrogens is 473 g/mol. The lowest BCUT2D eigenvalue weighted by molar-refractivity contribution is -0.139. The SMILES string of the molecule is CCOc1ccc(N(CC(=O)N(Cc2ccccc2F)[C@H](C)C(=O)NCC(C)C)S(C)(=O)=O)cc1. The van der Waals surface area contributed by atoms with Crippen LogP contribution >= 0.6 is 0 Å². The predicted molar refractivity (Wildman–Crippen MR) is 134 cm³/mol. The zero-order valence-electron chi connectivity index (χ0n) is 20.8. The van der Waals surface area contributed by atoms with E-state index in [-0.39, 0.29) is 23.7 Å². The number of hydrogen-bond donors (Lipinski definition) is 1. The third-order valence-electron chi connectivity index (χ3n) is 5.27. The molecular formula is C25H34FN3O5S. The molecule has 0 aliphatic heterocycles. The number of anilines is 1. The Morgan fingerprint density at radius 3 is 2.23 bits per heavy atom. The molecule has 192 valence electrons. The van der Waals surface area contributed by atoms with Gasteiger partial charge in [-0.25, -0.2) is 12.8 Å². The van der Waals surface area contributed by atoms with Gasteiger partial charge in [0.2, 0.25) is 21.8 Å². The molecule has 0 spiro atoms. The first kappa shape index (κ1) is 28.1. The summed E-state index contributed by atoms with van der Waals surface area (Å²) >= 11 is 0. The average Bonchev–Trinajstić information content (AvgIpc) is 2.80. The quantitative estimate of drug-likeness (QED) is 0.476. The van der Waals surface area contributed by atoms with Crippen LogP contribution in [0.3, 0.4) is 0 Å². The van der Waals surface area contributed by atoms with E-state index in [0.717, 1.165) is 10.6 Å². The summed E-state index contributed by atoms with van der Waals surface area (Å²) in [5.74, 6) is -0.809. The predicted octanol–water partition coefficient (Wildman–Crippen LogP) is 3.18. The number of carbonyl (C=O) groups excluding carboxylic acids is 2. The van der Waals surface area contributed by atoms with Crippen molar-refractivity contribution in [2.24, 2.45) is 5.92 Å². The van der Waals surface area contributed by atoms with Gasteiger partial charge in [-0.05, 0) is 50.1 Å². The minimum absolute atomic E-state index is 0.192. The van der Waals surface area contributed by atoms with Crippen molar-refractivity contribution in [1.82, 2.24) is 10.2 Å². The first-order valence-electron chi connectivity index (χ1n) is 11.4. The molecule has 8 nitrogen and oxygen atoms in total. The second-order valence-corrected chi connectivity index (χ2v) is 10.5. The van der Waals surface area contributed by atoms with E-state index in [2.05, 4.69) is 5.32 Å². The molecule has 35 heavy (non-hydrogen) atoms. The summed E-state index contributed by atoms with van der Waals surface area (Å²) in [6, 6.07) is 11.3. The molecule has 0 saturated carbocycles. The molecule has 0 unspecified atom stereocenters. The summed E-state index contributed by atoms with van der Waals surface area (Å²) < 4.78 is 45.9. The molecule has 0 aliphatic carbocycles. The highest BCUT2D eigenvalue weighted by molar-refractivity contribution is 7.92. The van der Waals surface area contributed by atoms with E-state index in [1.165, 1.54) is 30.0 Å². The van der Waals surface area contributed by atoms with Gasteiger partial charge in [-0.2, -0.15) is 0 Å². The highest BCUT2D eigenvalue weighted by Gasteiger charge is 2.30. The number of sulfonamides is 1. The third kappa shape index (κ3) is 8.24. The Balaban J connectivity index is 2.36. The van der Waals surface area contributed by atoms with Crippen molar-refractivity contribution in [3.8, 4) is 5.75 Å². The zero-order chi connectivity index (χ0) is 26.2. The van der Waals surface area contributed by atoms with Crippen LogP contribution in [0, 0.1) is 11.7 Å². The van der Waals surface area contributed by atoms with Crippen molar-refractivity contribution in [2.75, 3.05) is 30.3 Å². The van der Waals surface area contributed by atoms with Crippen LogP contribution in [-0.4, -0.2) is 57.1 Å². The largest absolute Gasteiger partial charge is 0.494 e. The van der Waals surface area contributed by atoms with Crippen LogP contribution in [0.1, 0.15) is 33.3 Å². The Morgan fingerprint density at radius 2 is 1.69 bits per heavy atom. The minimum Gasteiger partial charge on any atom is -0.494 e.